The summed E-state index contributed by atoms with van der Waals surface area (Å²) in [7, 11) is 0. The predicted octanol–water partition coefficient (Wildman–Crippen LogP) is 3.47. The second kappa shape index (κ2) is 6.38. The molecule has 2 aliphatic rings. The number of hydrogen-bond acceptors (Lipinski definition) is 4. The number of fused-ring (bicyclic) bond motifs is 1. The highest BCUT2D eigenvalue weighted by Crippen LogP contribution is 2.37. The normalized spacial score (nSPS) is 17.2. The molecule has 1 fully saturated rings. The van der Waals surface area contributed by atoms with E-state index in [0.717, 1.165) is 11.1 Å². The summed E-state index contributed by atoms with van der Waals surface area (Å²) in [5.41, 5.74) is 2.69. The van der Waals surface area contributed by atoms with Crippen LogP contribution in [0.4, 0.5) is 4.79 Å². The number of rotatable bonds is 3. The van der Waals surface area contributed by atoms with Crippen molar-refractivity contribution in [1.82, 2.24) is 10.2 Å². The van der Waals surface area contributed by atoms with Crippen LogP contribution in [-0.4, -0.2) is 23.6 Å². The molecule has 26 heavy (non-hydrogen) atoms. The highest BCUT2D eigenvalue weighted by molar-refractivity contribution is 6.32. The summed E-state index contributed by atoms with van der Waals surface area (Å²) in [6.45, 7) is 2.30. The Balaban J connectivity index is 1.60. The van der Waals surface area contributed by atoms with Crippen LogP contribution in [0.15, 0.2) is 42.1 Å². The topological polar surface area (TPSA) is 67.9 Å². The van der Waals surface area contributed by atoms with E-state index in [-0.39, 0.29) is 19.0 Å². The van der Waals surface area contributed by atoms with Crippen molar-refractivity contribution >= 4 is 29.6 Å². The summed E-state index contributed by atoms with van der Waals surface area (Å²) in [5.74, 6) is 0.708. The Morgan fingerprint density at radius 1 is 1.19 bits per heavy atom. The van der Waals surface area contributed by atoms with Crippen molar-refractivity contribution in [2.24, 2.45) is 0 Å². The van der Waals surface area contributed by atoms with Gasteiger partial charge >= 0.3 is 6.03 Å². The maximum Gasteiger partial charge on any atom is 0.329 e. The molecule has 3 amide bonds. The summed E-state index contributed by atoms with van der Waals surface area (Å²) in [4.78, 5) is 26.0. The molecule has 0 radical (unpaired) electrons. The first-order valence-electron chi connectivity index (χ1n) is 8.00. The van der Waals surface area contributed by atoms with Gasteiger partial charge in [-0.25, -0.2) is 4.79 Å². The molecule has 0 atom stereocenters. The fourth-order valence-corrected chi connectivity index (χ4v) is 3.12. The van der Waals surface area contributed by atoms with Crippen molar-refractivity contribution in [1.29, 1.82) is 0 Å². The zero-order valence-electron chi connectivity index (χ0n) is 13.9. The number of amides is 3. The molecule has 2 aromatic carbocycles. The summed E-state index contributed by atoms with van der Waals surface area (Å²) in [6.07, 6.45) is 1.54. The van der Waals surface area contributed by atoms with Crippen molar-refractivity contribution in [2.75, 3.05) is 6.79 Å². The van der Waals surface area contributed by atoms with Gasteiger partial charge in [0.15, 0.2) is 11.5 Å². The van der Waals surface area contributed by atoms with Gasteiger partial charge in [-0.15, -0.1) is 0 Å². The van der Waals surface area contributed by atoms with E-state index < -0.39 is 11.9 Å². The first kappa shape index (κ1) is 16.5. The van der Waals surface area contributed by atoms with Crippen LogP contribution in [-0.2, 0) is 11.3 Å². The van der Waals surface area contributed by atoms with Crippen molar-refractivity contribution in [2.45, 2.75) is 13.5 Å². The smallest absolute Gasteiger partial charge is 0.329 e. The highest BCUT2D eigenvalue weighted by atomic mass is 35.5. The third-order valence-electron chi connectivity index (χ3n) is 4.18. The lowest BCUT2D eigenvalue weighted by molar-refractivity contribution is -0.123. The molecule has 0 saturated carbocycles. The quantitative estimate of drug-likeness (QED) is 0.663. The van der Waals surface area contributed by atoms with E-state index in [4.69, 9.17) is 21.1 Å². The summed E-state index contributed by atoms with van der Waals surface area (Å²) >= 11 is 6.24. The first-order chi connectivity index (χ1) is 12.5. The molecule has 4 rings (SSSR count). The number of nitrogens with zero attached hydrogens (tertiary/aromatic N) is 1. The average molecular weight is 371 g/mol. The number of aryl methyl sites for hydroxylation is 1. The van der Waals surface area contributed by atoms with Gasteiger partial charge in [-0.2, -0.15) is 0 Å². The van der Waals surface area contributed by atoms with Crippen LogP contribution < -0.4 is 14.8 Å². The van der Waals surface area contributed by atoms with E-state index in [0.29, 0.717) is 22.1 Å². The molecule has 2 heterocycles. The van der Waals surface area contributed by atoms with E-state index in [1.165, 1.54) is 4.90 Å². The lowest BCUT2D eigenvalue weighted by atomic mass is 10.1. The number of carbonyl (C=O) groups excluding carboxylic acids is 2. The number of nitrogens with one attached hydrogen (secondary N) is 1. The molecule has 0 unspecified atom stereocenters. The second-order valence-corrected chi connectivity index (χ2v) is 6.50. The van der Waals surface area contributed by atoms with Gasteiger partial charge < -0.3 is 14.8 Å². The SMILES string of the molecule is Cc1cccc(CN2C(=O)N/C(=C/c3cc4c(cc3Cl)OCO4)C2=O)c1. The van der Waals surface area contributed by atoms with E-state index in [1.807, 2.05) is 31.2 Å². The highest BCUT2D eigenvalue weighted by Gasteiger charge is 2.33. The van der Waals surface area contributed by atoms with Crippen LogP contribution in [0, 0.1) is 6.92 Å². The van der Waals surface area contributed by atoms with Crippen molar-refractivity contribution in [3.8, 4) is 11.5 Å². The van der Waals surface area contributed by atoms with E-state index >= 15 is 0 Å². The Bertz CT molecular complexity index is 955. The Hall–Kier alpha value is -2.99. The Morgan fingerprint density at radius 2 is 1.96 bits per heavy atom. The van der Waals surface area contributed by atoms with Gasteiger partial charge in [-0.05, 0) is 30.2 Å². The second-order valence-electron chi connectivity index (χ2n) is 6.10. The Labute approximate surface area is 155 Å². The molecule has 2 aromatic rings. The van der Waals surface area contributed by atoms with Crippen molar-refractivity contribution < 1.29 is 19.1 Å². The monoisotopic (exact) mass is 370 g/mol. The molecule has 6 nitrogen and oxygen atoms in total. The lowest BCUT2D eigenvalue weighted by Gasteiger charge is -2.12. The van der Waals surface area contributed by atoms with Gasteiger partial charge in [-0.1, -0.05) is 41.4 Å². The molecule has 7 heteroatoms. The van der Waals surface area contributed by atoms with Gasteiger partial charge in [0.25, 0.3) is 5.91 Å². The van der Waals surface area contributed by atoms with Crippen LogP contribution in [0.25, 0.3) is 6.08 Å². The molecule has 0 bridgehead atoms. The molecular formula is C19H15ClN2O4. The van der Waals surface area contributed by atoms with Crippen LogP contribution in [0.5, 0.6) is 11.5 Å². The molecule has 1 N–H and O–H groups in total. The third kappa shape index (κ3) is 2.99. The Kier molecular flexibility index (Phi) is 4.05. The standard InChI is InChI=1S/C19H15ClN2O4/c1-11-3-2-4-12(5-11)9-22-18(23)15(21-19(22)24)6-13-7-16-17(8-14(13)20)26-10-25-16/h2-8H,9-10H2,1H3,(H,21,24)/b15-6+. The number of carbonyl (C=O) groups is 2. The number of benzene rings is 2. The van der Waals surface area contributed by atoms with Crippen molar-refractivity contribution in [3.05, 3.63) is 63.8 Å². The average Bonchev–Trinajstić information content (AvgIpc) is 3.15. The Morgan fingerprint density at radius 3 is 2.73 bits per heavy atom. The van der Waals surface area contributed by atoms with Gasteiger partial charge in [-0.3, -0.25) is 9.69 Å². The number of hydrogen-bond donors (Lipinski definition) is 1. The molecule has 0 spiro atoms. The van der Waals surface area contributed by atoms with Gasteiger partial charge in [0, 0.05) is 6.07 Å². The summed E-state index contributed by atoms with van der Waals surface area (Å²) < 4.78 is 10.6. The summed E-state index contributed by atoms with van der Waals surface area (Å²) in [5, 5.41) is 3.00. The van der Waals surface area contributed by atoms with Crippen molar-refractivity contribution in [3.63, 3.8) is 0 Å². The molecule has 0 aliphatic carbocycles. The van der Waals surface area contributed by atoms with Crippen LogP contribution in [0.3, 0.4) is 0 Å². The maximum atomic E-state index is 12.6. The fourth-order valence-electron chi connectivity index (χ4n) is 2.91. The van der Waals surface area contributed by atoms with E-state index in [9.17, 15) is 9.59 Å². The minimum atomic E-state index is -0.459. The molecule has 1 saturated heterocycles. The molecule has 0 aromatic heterocycles. The number of halogens is 1. The zero-order chi connectivity index (χ0) is 18.3. The third-order valence-corrected chi connectivity index (χ3v) is 4.50. The minimum Gasteiger partial charge on any atom is -0.454 e. The van der Waals surface area contributed by atoms with E-state index in [1.54, 1.807) is 18.2 Å². The molecular weight excluding hydrogens is 356 g/mol. The van der Waals surface area contributed by atoms with Gasteiger partial charge in [0.2, 0.25) is 6.79 Å². The maximum absolute atomic E-state index is 12.6. The van der Waals surface area contributed by atoms with Gasteiger partial charge in [0.1, 0.15) is 5.70 Å². The van der Waals surface area contributed by atoms with E-state index in [2.05, 4.69) is 5.32 Å². The molecule has 2 aliphatic heterocycles. The number of ether oxygens (including phenoxy) is 2. The minimum absolute atomic E-state index is 0.131. The van der Waals surface area contributed by atoms with Crippen LogP contribution >= 0.6 is 11.6 Å². The lowest BCUT2D eigenvalue weighted by Crippen LogP contribution is -2.30. The van der Waals surface area contributed by atoms with Gasteiger partial charge in [0.05, 0.1) is 11.6 Å². The largest absolute Gasteiger partial charge is 0.454 e. The predicted molar refractivity (Wildman–Crippen MR) is 95.8 cm³/mol. The number of imide groups is 1. The molecule has 132 valence electrons. The fraction of sp³-hybridized carbons (Fsp3) is 0.158. The first-order valence-corrected chi connectivity index (χ1v) is 8.38. The number of urea groups is 1. The zero-order valence-corrected chi connectivity index (χ0v) is 14.7. The summed E-state index contributed by atoms with van der Waals surface area (Å²) in [6, 6.07) is 10.5. The van der Waals surface area contributed by atoms with Crippen LogP contribution in [0.2, 0.25) is 5.02 Å². The van der Waals surface area contributed by atoms with Crippen LogP contribution in [0.1, 0.15) is 16.7 Å².